The van der Waals surface area contributed by atoms with Crippen LogP contribution in [0.2, 0.25) is 0 Å². The van der Waals surface area contributed by atoms with Crippen molar-refractivity contribution in [3.8, 4) is 0 Å². The maximum Gasteiger partial charge on any atom is 0.333 e. The Morgan fingerprint density at radius 3 is 1.68 bits per heavy atom. The number of hydrogen-bond acceptors (Lipinski definition) is 4. The summed E-state index contributed by atoms with van der Waals surface area (Å²) in [4.78, 5) is 22.9. The Labute approximate surface area is 191 Å². The van der Waals surface area contributed by atoms with Crippen molar-refractivity contribution in [1.82, 2.24) is 0 Å². The van der Waals surface area contributed by atoms with Crippen molar-refractivity contribution < 1.29 is 19.1 Å². The zero-order valence-corrected chi connectivity index (χ0v) is 20.8. The molecule has 0 heterocycles. The zero-order chi connectivity index (χ0) is 23.9. The number of esters is 2. The van der Waals surface area contributed by atoms with Gasteiger partial charge < -0.3 is 9.47 Å². The molecule has 0 N–H and O–H groups in total. The van der Waals surface area contributed by atoms with Crippen LogP contribution < -0.4 is 0 Å². The fraction of sp³-hybridized carbons (Fsp3) is 0.704. The molecule has 0 fully saturated rings. The summed E-state index contributed by atoms with van der Waals surface area (Å²) in [5, 5.41) is 0. The number of carbonyl (C=O) groups excluding carboxylic acids is 2. The molecule has 2 radical (unpaired) electrons. The minimum atomic E-state index is -0.299. The third-order valence-corrected chi connectivity index (χ3v) is 6.30. The summed E-state index contributed by atoms with van der Waals surface area (Å²) in [7, 11) is 0. The summed E-state index contributed by atoms with van der Waals surface area (Å²) >= 11 is 0. The maximum absolute atomic E-state index is 11.5. The van der Waals surface area contributed by atoms with Gasteiger partial charge in [0.2, 0.25) is 0 Å². The largest absolute Gasteiger partial charge is 0.462 e. The SMILES string of the molecule is [CH2]CCC(CCCCCOC(=O)C(=C)C)C(C)(CCCCCOC(=O)C(=C)C)[C](C)C. The predicted octanol–water partition coefficient (Wildman–Crippen LogP) is 7.20. The molecule has 0 aromatic heterocycles. The molecule has 2 unspecified atom stereocenters. The number of rotatable bonds is 18. The second-order valence-electron chi connectivity index (χ2n) is 9.25. The molecule has 0 aliphatic carbocycles. The summed E-state index contributed by atoms with van der Waals surface area (Å²) < 4.78 is 10.4. The summed E-state index contributed by atoms with van der Waals surface area (Å²) in [6, 6.07) is 0. The van der Waals surface area contributed by atoms with Gasteiger partial charge in [0.25, 0.3) is 0 Å². The van der Waals surface area contributed by atoms with Gasteiger partial charge in [0.15, 0.2) is 0 Å². The van der Waals surface area contributed by atoms with E-state index in [-0.39, 0.29) is 17.4 Å². The quantitative estimate of drug-likeness (QED) is 0.130. The van der Waals surface area contributed by atoms with Gasteiger partial charge in [-0.15, -0.1) is 0 Å². The van der Waals surface area contributed by atoms with E-state index in [2.05, 4.69) is 40.9 Å². The molecular weight excluding hydrogens is 388 g/mol. The summed E-state index contributed by atoms with van der Waals surface area (Å²) in [6.07, 6.45) is 10.5. The minimum Gasteiger partial charge on any atom is -0.462 e. The number of hydrogen-bond donors (Lipinski definition) is 0. The van der Waals surface area contributed by atoms with E-state index in [4.69, 9.17) is 9.47 Å². The van der Waals surface area contributed by atoms with Crippen molar-refractivity contribution in [1.29, 1.82) is 0 Å². The van der Waals surface area contributed by atoms with Crippen LogP contribution in [0.1, 0.15) is 98.8 Å². The van der Waals surface area contributed by atoms with Gasteiger partial charge in [-0.2, -0.15) is 0 Å². The van der Waals surface area contributed by atoms with Gasteiger partial charge in [-0.3, -0.25) is 0 Å². The molecule has 0 aliphatic heterocycles. The highest BCUT2D eigenvalue weighted by Gasteiger charge is 2.35. The highest BCUT2D eigenvalue weighted by molar-refractivity contribution is 5.87. The lowest BCUT2D eigenvalue weighted by Crippen LogP contribution is -2.32. The standard InChI is InChI=1S/C27H46O4/c1-9-16-24(17-12-10-14-19-30-25(28)21(2)3)27(8,23(6)7)18-13-11-15-20-31-26(29)22(4)5/h24H,1-2,4,9-20H2,3,5-8H3. The van der Waals surface area contributed by atoms with Crippen LogP contribution in [-0.2, 0) is 19.1 Å². The maximum atomic E-state index is 11.5. The van der Waals surface area contributed by atoms with Crippen LogP contribution in [0, 0.1) is 24.2 Å². The highest BCUT2D eigenvalue weighted by Crippen LogP contribution is 2.46. The van der Waals surface area contributed by atoms with E-state index in [1.165, 1.54) is 12.3 Å². The smallest absolute Gasteiger partial charge is 0.333 e. The van der Waals surface area contributed by atoms with Gasteiger partial charge in [0, 0.05) is 11.1 Å². The van der Waals surface area contributed by atoms with Gasteiger partial charge >= 0.3 is 11.9 Å². The van der Waals surface area contributed by atoms with E-state index in [0.29, 0.717) is 30.3 Å². The monoisotopic (exact) mass is 434 g/mol. The van der Waals surface area contributed by atoms with Crippen LogP contribution in [0.4, 0.5) is 0 Å². The Kier molecular flexibility index (Phi) is 15.3. The molecule has 31 heavy (non-hydrogen) atoms. The zero-order valence-electron chi connectivity index (χ0n) is 20.8. The van der Waals surface area contributed by atoms with Gasteiger partial charge in [-0.1, -0.05) is 73.0 Å². The molecule has 0 saturated heterocycles. The third kappa shape index (κ3) is 12.1. The highest BCUT2D eigenvalue weighted by atomic mass is 16.5. The van der Waals surface area contributed by atoms with Crippen LogP contribution in [-0.4, -0.2) is 25.2 Å². The molecule has 0 saturated carbocycles. The van der Waals surface area contributed by atoms with Crippen molar-refractivity contribution in [2.45, 2.75) is 98.8 Å². The first-order chi connectivity index (χ1) is 14.6. The molecular formula is C27H46O4. The average molecular weight is 435 g/mol. The van der Waals surface area contributed by atoms with Crippen LogP contribution in [0.15, 0.2) is 24.3 Å². The lowest BCUT2D eigenvalue weighted by Gasteiger charge is -2.42. The van der Waals surface area contributed by atoms with Crippen molar-refractivity contribution in [3.63, 3.8) is 0 Å². The first-order valence-electron chi connectivity index (χ1n) is 11.8. The molecule has 0 aromatic carbocycles. The van der Waals surface area contributed by atoms with E-state index < -0.39 is 0 Å². The molecule has 0 spiro atoms. The third-order valence-electron chi connectivity index (χ3n) is 6.30. The van der Waals surface area contributed by atoms with E-state index in [1.54, 1.807) is 13.8 Å². The molecule has 0 aliphatic rings. The van der Waals surface area contributed by atoms with E-state index in [9.17, 15) is 9.59 Å². The van der Waals surface area contributed by atoms with Crippen LogP contribution >= 0.6 is 0 Å². The van der Waals surface area contributed by atoms with Crippen LogP contribution in [0.5, 0.6) is 0 Å². The fourth-order valence-corrected chi connectivity index (χ4v) is 3.91. The van der Waals surface area contributed by atoms with E-state index in [1.807, 2.05) is 0 Å². The van der Waals surface area contributed by atoms with Crippen LogP contribution in [0.3, 0.4) is 0 Å². The van der Waals surface area contributed by atoms with Gasteiger partial charge in [0.05, 0.1) is 13.2 Å². The van der Waals surface area contributed by atoms with Crippen molar-refractivity contribution >= 4 is 11.9 Å². The van der Waals surface area contributed by atoms with Gasteiger partial charge in [-0.05, 0) is 63.2 Å². The van der Waals surface area contributed by atoms with Crippen molar-refractivity contribution in [2.24, 2.45) is 11.3 Å². The molecule has 0 amide bonds. The Morgan fingerprint density at radius 2 is 1.26 bits per heavy atom. The topological polar surface area (TPSA) is 52.6 Å². The Balaban J connectivity index is 4.46. The lowest BCUT2D eigenvalue weighted by atomic mass is 9.63. The number of unbranched alkanes of at least 4 members (excludes halogenated alkanes) is 4. The second kappa shape index (κ2) is 16.1. The van der Waals surface area contributed by atoms with E-state index in [0.717, 1.165) is 57.8 Å². The molecule has 4 heteroatoms. The van der Waals surface area contributed by atoms with Crippen LogP contribution in [0.25, 0.3) is 0 Å². The van der Waals surface area contributed by atoms with Gasteiger partial charge in [0.1, 0.15) is 0 Å². The number of carbonyl (C=O) groups is 2. The molecule has 4 nitrogen and oxygen atoms in total. The Hall–Kier alpha value is -1.58. The molecule has 0 aromatic rings. The van der Waals surface area contributed by atoms with Crippen molar-refractivity contribution in [2.75, 3.05) is 13.2 Å². The van der Waals surface area contributed by atoms with Gasteiger partial charge in [-0.25, -0.2) is 9.59 Å². The lowest BCUT2D eigenvalue weighted by molar-refractivity contribution is -0.139. The average Bonchev–Trinajstić information content (AvgIpc) is 2.71. The minimum absolute atomic E-state index is 0.193. The summed E-state index contributed by atoms with van der Waals surface area (Å²) in [5.41, 5.74) is 1.10. The Morgan fingerprint density at radius 1 is 0.774 bits per heavy atom. The second-order valence-corrected chi connectivity index (χ2v) is 9.25. The first kappa shape index (κ1) is 29.4. The normalized spacial score (nSPS) is 14.0. The van der Waals surface area contributed by atoms with Crippen molar-refractivity contribution in [3.05, 3.63) is 37.1 Å². The fourth-order valence-electron chi connectivity index (χ4n) is 3.91. The molecule has 178 valence electrons. The molecule has 0 bridgehead atoms. The Bertz CT molecular complexity index is 564. The molecule has 2 atom stereocenters. The van der Waals surface area contributed by atoms with E-state index >= 15 is 0 Å². The summed E-state index contributed by atoms with van der Waals surface area (Å²) in [5.74, 6) is 1.49. The number of ether oxygens (including phenoxy) is 2. The molecule has 0 rings (SSSR count). The predicted molar refractivity (Wildman–Crippen MR) is 129 cm³/mol. The first-order valence-corrected chi connectivity index (χ1v) is 11.8. The summed E-state index contributed by atoms with van der Waals surface area (Å²) in [6.45, 7) is 22.5.